The van der Waals surface area contributed by atoms with E-state index in [0.717, 1.165) is 10.1 Å². The predicted octanol–water partition coefficient (Wildman–Crippen LogP) is 2.38. The van der Waals surface area contributed by atoms with Crippen LogP contribution in [0.1, 0.15) is 17.2 Å². The summed E-state index contributed by atoms with van der Waals surface area (Å²) in [4.78, 5) is 30.7. The molecule has 0 saturated heterocycles. The number of fused-ring (bicyclic) bond motifs is 4. The zero-order valence-corrected chi connectivity index (χ0v) is 18.0. The lowest BCUT2D eigenvalue weighted by Crippen LogP contribution is -2.37. The normalized spacial score (nSPS) is 14.3. The molecule has 4 aromatic rings. The third-order valence-electron chi connectivity index (χ3n) is 6.08. The van der Waals surface area contributed by atoms with E-state index in [-0.39, 0.29) is 11.0 Å². The van der Waals surface area contributed by atoms with Crippen molar-refractivity contribution in [3.63, 3.8) is 0 Å². The van der Waals surface area contributed by atoms with E-state index < -0.39 is 17.4 Å². The first kappa shape index (κ1) is 20.0. The molecule has 32 heavy (non-hydrogen) atoms. The molecule has 1 atom stereocenters. The molecule has 1 aliphatic carbocycles. The number of aromatic nitrogens is 3. The zero-order valence-electron chi connectivity index (χ0n) is 18.0. The third kappa shape index (κ3) is 2.56. The highest BCUT2D eigenvalue weighted by Crippen LogP contribution is 2.49. The molecule has 0 aliphatic heterocycles. The topological polar surface area (TPSA) is 95.6 Å². The van der Waals surface area contributed by atoms with Gasteiger partial charge in [0.15, 0.2) is 17.1 Å². The summed E-state index contributed by atoms with van der Waals surface area (Å²) in [6.45, 7) is 0. The lowest BCUT2D eigenvalue weighted by Gasteiger charge is -2.18. The van der Waals surface area contributed by atoms with Gasteiger partial charge in [0.1, 0.15) is 6.10 Å². The van der Waals surface area contributed by atoms with Crippen molar-refractivity contribution in [2.75, 3.05) is 14.2 Å². The Hall–Kier alpha value is -3.91. The Bertz CT molecular complexity index is 1530. The molecule has 1 aliphatic rings. The van der Waals surface area contributed by atoms with Crippen LogP contribution in [0.3, 0.4) is 0 Å². The Kier molecular flexibility index (Phi) is 4.42. The number of aryl methyl sites for hydroxylation is 1. The van der Waals surface area contributed by atoms with Crippen LogP contribution >= 0.6 is 0 Å². The molecule has 2 aromatic heterocycles. The Balaban J connectivity index is 2.01. The van der Waals surface area contributed by atoms with Gasteiger partial charge >= 0.3 is 5.69 Å². The Morgan fingerprint density at radius 2 is 1.69 bits per heavy atom. The summed E-state index contributed by atoms with van der Waals surface area (Å²) >= 11 is 0. The predicted molar refractivity (Wildman–Crippen MR) is 120 cm³/mol. The first-order valence-electron chi connectivity index (χ1n) is 10.0. The van der Waals surface area contributed by atoms with Gasteiger partial charge in [0.05, 0.1) is 25.3 Å². The minimum atomic E-state index is -0.969. The Morgan fingerprint density at radius 3 is 2.41 bits per heavy atom. The molecule has 2 heterocycles. The molecule has 0 amide bonds. The molecule has 8 nitrogen and oxygen atoms in total. The van der Waals surface area contributed by atoms with Crippen molar-refractivity contribution in [2.24, 2.45) is 14.1 Å². The number of methoxy groups -OCH3 is 2. The van der Waals surface area contributed by atoms with Gasteiger partial charge in [-0.15, -0.1) is 0 Å². The van der Waals surface area contributed by atoms with Crippen LogP contribution in [0.15, 0.2) is 52.1 Å². The number of nitrogens with zero attached hydrogens (tertiary/aromatic N) is 3. The maximum Gasteiger partial charge on any atom is 0.332 e. The van der Waals surface area contributed by atoms with Crippen LogP contribution in [0, 0.1) is 0 Å². The van der Waals surface area contributed by atoms with Gasteiger partial charge in [-0.3, -0.25) is 13.9 Å². The smallest absolute Gasteiger partial charge is 0.332 e. The lowest BCUT2D eigenvalue weighted by molar-refractivity contribution is 0.225. The minimum absolute atomic E-state index is 0.255. The Morgan fingerprint density at radius 1 is 0.969 bits per heavy atom. The van der Waals surface area contributed by atoms with Crippen LogP contribution in [0.4, 0.5) is 0 Å². The summed E-state index contributed by atoms with van der Waals surface area (Å²) in [6, 6.07) is 12.7. The van der Waals surface area contributed by atoms with Crippen molar-refractivity contribution in [2.45, 2.75) is 6.10 Å². The summed E-state index contributed by atoms with van der Waals surface area (Å²) in [7, 11) is 6.09. The first-order valence-corrected chi connectivity index (χ1v) is 10.0. The molecular formula is C24H21N3O5. The second-order valence-corrected chi connectivity index (χ2v) is 7.71. The van der Waals surface area contributed by atoms with E-state index >= 15 is 0 Å². The van der Waals surface area contributed by atoms with Gasteiger partial charge in [-0.1, -0.05) is 30.3 Å². The fourth-order valence-corrected chi connectivity index (χ4v) is 4.47. The van der Waals surface area contributed by atoms with Gasteiger partial charge < -0.3 is 14.6 Å². The molecule has 0 radical (unpaired) electrons. The van der Waals surface area contributed by atoms with Gasteiger partial charge in [0.25, 0.3) is 5.56 Å². The number of hydrogen-bond acceptors (Lipinski definition) is 6. The number of rotatable bonds is 3. The summed E-state index contributed by atoms with van der Waals surface area (Å²) in [5.74, 6) is 1.02. The van der Waals surface area contributed by atoms with E-state index in [9.17, 15) is 14.7 Å². The van der Waals surface area contributed by atoms with E-state index in [1.165, 1.54) is 18.7 Å². The highest BCUT2D eigenvalue weighted by molar-refractivity contribution is 6.00. The molecule has 5 rings (SSSR count). The van der Waals surface area contributed by atoms with E-state index in [2.05, 4.69) is 0 Å². The minimum Gasteiger partial charge on any atom is -0.493 e. The largest absolute Gasteiger partial charge is 0.493 e. The number of ether oxygens (including phenoxy) is 2. The third-order valence-corrected chi connectivity index (χ3v) is 6.08. The second-order valence-electron chi connectivity index (χ2n) is 7.71. The molecule has 8 heteroatoms. The molecule has 0 spiro atoms. The van der Waals surface area contributed by atoms with Crippen molar-refractivity contribution in [1.82, 2.24) is 14.1 Å². The van der Waals surface area contributed by atoms with Crippen molar-refractivity contribution in [3.05, 3.63) is 74.4 Å². The van der Waals surface area contributed by atoms with Crippen LogP contribution in [-0.2, 0) is 14.1 Å². The highest BCUT2D eigenvalue weighted by Gasteiger charge is 2.34. The number of aliphatic hydroxyl groups excluding tert-OH is 1. The van der Waals surface area contributed by atoms with Crippen molar-refractivity contribution >= 4 is 11.0 Å². The van der Waals surface area contributed by atoms with Gasteiger partial charge in [0.2, 0.25) is 0 Å². The highest BCUT2D eigenvalue weighted by atomic mass is 16.5. The molecule has 0 unspecified atom stereocenters. The summed E-state index contributed by atoms with van der Waals surface area (Å²) in [6.07, 6.45) is -0.969. The standard InChI is InChI=1S/C24H21N3O5/c1-26-22-19(23(29)27(2)24(26)30)17(12-9-10-15(31-3)16(11-12)32-4)18-20(25-22)13-7-5-6-8-14(13)21(18)28/h5-11,21,28H,1-4H3/t21-/m0/s1. The number of pyridine rings is 1. The molecule has 0 saturated carbocycles. The number of hydrogen-bond donors (Lipinski definition) is 1. The summed E-state index contributed by atoms with van der Waals surface area (Å²) < 4.78 is 13.2. The molecule has 162 valence electrons. The molecule has 1 N–H and O–H groups in total. The quantitative estimate of drug-likeness (QED) is 0.535. The van der Waals surface area contributed by atoms with E-state index in [1.807, 2.05) is 24.3 Å². The van der Waals surface area contributed by atoms with Crippen LogP contribution in [0.5, 0.6) is 11.5 Å². The van der Waals surface area contributed by atoms with Crippen LogP contribution in [0.2, 0.25) is 0 Å². The van der Waals surface area contributed by atoms with Crippen molar-refractivity contribution in [3.8, 4) is 33.9 Å². The molecule has 2 aromatic carbocycles. The fourth-order valence-electron chi connectivity index (χ4n) is 4.47. The van der Waals surface area contributed by atoms with Crippen molar-refractivity contribution < 1.29 is 14.6 Å². The maximum atomic E-state index is 13.3. The van der Waals surface area contributed by atoms with Crippen LogP contribution in [-0.4, -0.2) is 33.4 Å². The SMILES string of the molecule is COc1ccc(-c2c3c(nc4c2c(=O)n(C)c(=O)n4C)-c2ccccc2[C@@H]3O)cc1OC. The Labute approximate surface area is 182 Å². The second kappa shape index (κ2) is 7.06. The summed E-state index contributed by atoms with van der Waals surface area (Å²) in [5.41, 5.74) is 3.02. The first-order chi connectivity index (χ1) is 15.4. The van der Waals surface area contributed by atoms with Gasteiger partial charge in [-0.2, -0.15) is 0 Å². The van der Waals surface area contributed by atoms with E-state index in [1.54, 1.807) is 32.4 Å². The van der Waals surface area contributed by atoms with Gasteiger partial charge in [0, 0.05) is 30.8 Å². The fraction of sp³-hybridized carbons (Fsp3) is 0.208. The van der Waals surface area contributed by atoms with E-state index in [4.69, 9.17) is 14.5 Å². The number of benzene rings is 2. The van der Waals surface area contributed by atoms with Crippen molar-refractivity contribution in [1.29, 1.82) is 0 Å². The summed E-state index contributed by atoms with van der Waals surface area (Å²) in [5, 5.41) is 11.5. The lowest BCUT2D eigenvalue weighted by atomic mass is 9.94. The molecule has 0 bridgehead atoms. The van der Waals surface area contributed by atoms with E-state index in [0.29, 0.717) is 39.4 Å². The molecular weight excluding hydrogens is 410 g/mol. The van der Waals surface area contributed by atoms with Gasteiger partial charge in [-0.05, 0) is 23.3 Å². The van der Waals surface area contributed by atoms with Gasteiger partial charge in [-0.25, -0.2) is 9.78 Å². The van der Waals surface area contributed by atoms with Crippen LogP contribution in [0.25, 0.3) is 33.4 Å². The average Bonchev–Trinajstić information content (AvgIpc) is 3.11. The average molecular weight is 431 g/mol. The van der Waals surface area contributed by atoms with Crippen LogP contribution < -0.4 is 20.7 Å². The molecule has 0 fully saturated rings. The zero-order chi connectivity index (χ0) is 22.7. The maximum absolute atomic E-state index is 13.3. The monoisotopic (exact) mass is 431 g/mol. The number of aliphatic hydroxyl groups is 1.